The summed E-state index contributed by atoms with van der Waals surface area (Å²) in [5.74, 6) is 0.216. The van der Waals surface area contributed by atoms with Crippen LogP contribution in [0.1, 0.15) is 23.2 Å². The third-order valence-electron chi connectivity index (χ3n) is 5.18. The van der Waals surface area contributed by atoms with Crippen molar-refractivity contribution in [3.05, 3.63) is 66.2 Å². The summed E-state index contributed by atoms with van der Waals surface area (Å²) in [6.45, 7) is 0.611. The van der Waals surface area contributed by atoms with Gasteiger partial charge in [0.25, 0.3) is 5.91 Å². The predicted octanol–water partition coefficient (Wildman–Crippen LogP) is 2.27. The second-order valence-corrected chi connectivity index (χ2v) is 8.46. The van der Waals surface area contributed by atoms with Crippen molar-refractivity contribution in [3.63, 3.8) is 0 Å². The van der Waals surface area contributed by atoms with Gasteiger partial charge in [-0.15, -0.1) is 0 Å². The van der Waals surface area contributed by atoms with Crippen LogP contribution < -0.4 is 4.72 Å². The number of nitrogens with zero attached hydrogens (tertiary/aromatic N) is 1. The minimum absolute atomic E-state index is 0.0393. The van der Waals surface area contributed by atoms with Crippen LogP contribution in [0.25, 0.3) is 0 Å². The van der Waals surface area contributed by atoms with Crippen LogP contribution in [0.3, 0.4) is 0 Å². The Morgan fingerprint density at radius 3 is 2.20 bits per heavy atom. The zero-order valence-electron chi connectivity index (χ0n) is 13.7. The fraction of sp³-hybridized carbons (Fsp3) is 0.316. The Kier molecular flexibility index (Phi) is 4.09. The van der Waals surface area contributed by atoms with Crippen LogP contribution in [-0.2, 0) is 10.0 Å². The first-order valence-electron chi connectivity index (χ1n) is 8.48. The fourth-order valence-corrected chi connectivity index (χ4v) is 5.30. The molecule has 6 heteroatoms. The molecule has 1 heterocycles. The summed E-state index contributed by atoms with van der Waals surface area (Å²) >= 11 is 0. The number of piperidine rings is 1. The summed E-state index contributed by atoms with van der Waals surface area (Å²) in [4.78, 5) is 14.8. The van der Waals surface area contributed by atoms with Crippen LogP contribution in [0.5, 0.6) is 0 Å². The van der Waals surface area contributed by atoms with Gasteiger partial charge >= 0.3 is 0 Å². The molecule has 0 unspecified atom stereocenters. The molecule has 1 amide bonds. The highest BCUT2D eigenvalue weighted by molar-refractivity contribution is 7.89. The Balaban J connectivity index is 1.44. The lowest BCUT2D eigenvalue weighted by molar-refractivity contribution is 0.0691. The summed E-state index contributed by atoms with van der Waals surface area (Å²) in [5, 5.41) is 0. The quantitative estimate of drug-likeness (QED) is 0.914. The van der Waals surface area contributed by atoms with E-state index in [9.17, 15) is 13.2 Å². The molecule has 1 N–H and O–H groups in total. The SMILES string of the molecule is O=C(c1ccccc1)N1C[C@@H]2C[C@H]1C[C@@H]2NS(=O)(=O)c1ccccc1. The van der Waals surface area contributed by atoms with E-state index >= 15 is 0 Å². The van der Waals surface area contributed by atoms with E-state index in [1.165, 1.54) is 0 Å². The van der Waals surface area contributed by atoms with E-state index in [-0.39, 0.29) is 28.8 Å². The highest BCUT2D eigenvalue weighted by Gasteiger charge is 2.47. The van der Waals surface area contributed by atoms with Gasteiger partial charge in [-0.2, -0.15) is 0 Å². The first kappa shape index (κ1) is 16.3. The standard InChI is InChI=1S/C19H20N2O3S/c22-19(14-7-3-1-4-8-14)21-13-15-11-16(21)12-18(15)20-25(23,24)17-9-5-2-6-10-17/h1-10,15-16,18,20H,11-13H2/t15-,16-,18-/m0/s1. The van der Waals surface area contributed by atoms with E-state index in [0.29, 0.717) is 18.5 Å². The Morgan fingerprint density at radius 2 is 1.60 bits per heavy atom. The fourth-order valence-electron chi connectivity index (χ4n) is 3.96. The Hall–Kier alpha value is -2.18. The number of nitrogens with one attached hydrogen (secondary N) is 1. The number of sulfonamides is 1. The number of benzene rings is 2. The van der Waals surface area contributed by atoms with Crippen LogP contribution in [-0.4, -0.2) is 37.9 Å². The average Bonchev–Trinajstić information content (AvgIpc) is 3.22. The van der Waals surface area contributed by atoms with Crippen molar-refractivity contribution in [3.8, 4) is 0 Å². The summed E-state index contributed by atoms with van der Waals surface area (Å²) in [6, 6.07) is 17.7. The molecule has 2 aliphatic rings. The van der Waals surface area contributed by atoms with Gasteiger partial charge in [0.05, 0.1) is 4.90 Å². The summed E-state index contributed by atoms with van der Waals surface area (Å²) in [5.41, 5.74) is 0.691. The molecular weight excluding hydrogens is 336 g/mol. The number of rotatable bonds is 4. The molecule has 1 saturated heterocycles. The summed E-state index contributed by atoms with van der Waals surface area (Å²) in [7, 11) is -3.51. The zero-order chi connectivity index (χ0) is 17.4. The van der Waals surface area contributed by atoms with Gasteiger partial charge in [-0.1, -0.05) is 36.4 Å². The lowest BCUT2D eigenvalue weighted by Crippen LogP contribution is -2.47. The van der Waals surface area contributed by atoms with Gasteiger partial charge in [0, 0.05) is 24.2 Å². The molecule has 0 radical (unpaired) electrons. The zero-order valence-corrected chi connectivity index (χ0v) is 14.5. The monoisotopic (exact) mass is 356 g/mol. The second-order valence-electron chi connectivity index (χ2n) is 6.75. The topological polar surface area (TPSA) is 66.5 Å². The number of carbonyl (C=O) groups excluding carboxylic acids is 1. The van der Waals surface area contributed by atoms with E-state index < -0.39 is 10.0 Å². The molecule has 25 heavy (non-hydrogen) atoms. The first-order chi connectivity index (χ1) is 12.0. The number of hydrogen-bond donors (Lipinski definition) is 1. The number of fused-ring (bicyclic) bond motifs is 2. The number of likely N-dealkylation sites (tertiary alicyclic amines) is 1. The largest absolute Gasteiger partial charge is 0.335 e. The normalized spacial score (nSPS) is 25.3. The number of carbonyl (C=O) groups is 1. The Labute approximate surface area is 147 Å². The van der Waals surface area contributed by atoms with Crippen molar-refractivity contribution in [1.29, 1.82) is 0 Å². The molecule has 1 aliphatic carbocycles. The maximum absolute atomic E-state index is 12.6. The van der Waals surface area contributed by atoms with Gasteiger partial charge in [-0.25, -0.2) is 13.1 Å². The minimum Gasteiger partial charge on any atom is -0.335 e. The molecule has 0 spiro atoms. The van der Waals surface area contributed by atoms with Crippen LogP contribution >= 0.6 is 0 Å². The van der Waals surface area contributed by atoms with E-state index in [1.807, 2.05) is 35.2 Å². The molecule has 1 aliphatic heterocycles. The lowest BCUT2D eigenvalue weighted by atomic mass is 10.0. The predicted molar refractivity (Wildman–Crippen MR) is 94.5 cm³/mol. The van der Waals surface area contributed by atoms with Crippen molar-refractivity contribution in [1.82, 2.24) is 9.62 Å². The van der Waals surface area contributed by atoms with Crippen molar-refractivity contribution in [2.45, 2.75) is 29.8 Å². The molecule has 0 aromatic heterocycles. The third-order valence-corrected chi connectivity index (χ3v) is 6.69. The minimum atomic E-state index is -3.51. The van der Waals surface area contributed by atoms with Gasteiger partial charge in [0.1, 0.15) is 0 Å². The maximum atomic E-state index is 12.6. The number of amides is 1. The van der Waals surface area contributed by atoms with Crippen LogP contribution in [0, 0.1) is 5.92 Å². The van der Waals surface area contributed by atoms with Crippen LogP contribution in [0.4, 0.5) is 0 Å². The van der Waals surface area contributed by atoms with Gasteiger partial charge in [0.15, 0.2) is 0 Å². The van der Waals surface area contributed by atoms with E-state index in [0.717, 1.165) is 6.42 Å². The molecule has 1 saturated carbocycles. The molecule has 4 rings (SSSR count). The van der Waals surface area contributed by atoms with Crippen molar-refractivity contribution in [2.75, 3.05) is 6.54 Å². The molecule has 5 nitrogen and oxygen atoms in total. The Bertz CT molecular complexity index is 868. The van der Waals surface area contributed by atoms with E-state index in [1.54, 1.807) is 30.3 Å². The highest BCUT2D eigenvalue weighted by Crippen LogP contribution is 2.39. The van der Waals surface area contributed by atoms with Gasteiger partial charge in [-0.05, 0) is 43.0 Å². The molecule has 2 fully saturated rings. The smallest absolute Gasteiger partial charge is 0.254 e. The lowest BCUT2D eigenvalue weighted by Gasteiger charge is -2.32. The van der Waals surface area contributed by atoms with Crippen molar-refractivity contribution < 1.29 is 13.2 Å². The van der Waals surface area contributed by atoms with E-state index in [4.69, 9.17) is 0 Å². The highest BCUT2D eigenvalue weighted by atomic mass is 32.2. The molecule has 3 atom stereocenters. The Morgan fingerprint density at radius 1 is 0.960 bits per heavy atom. The summed E-state index contributed by atoms with van der Waals surface area (Å²) in [6.07, 6.45) is 1.54. The first-order valence-corrected chi connectivity index (χ1v) is 9.96. The van der Waals surface area contributed by atoms with Gasteiger partial charge in [-0.3, -0.25) is 4.79 Å². The van der Waals surface area contributed by atoms with Gasteiger partial charge in [0.2, 0.25) is 10.0 Å². The van der Waals surface area contributed by atoms with E-state index in [2.05, 4.69) is 4.72 Å². The van der Waals surface area contributed by atoms with Crippen molar-refractivity contribution >= 4 is 15.9 Å². The van der Waals surface area contributed by atoms with Crippen LogP contribution in [0.2, 0.25) is 0 Å². The number of hydrogen-bond acceptors (Lipinski definition) is 3. The molecule has 2 aromatic rings. The maximum Gasteiger partial charge on any atom is 0.254 e. The van der Waals surface area contributed by atoms with Crippen LogP contribution in [0.15, 0.2) is 65.6 Å². The molecule has 130 valence electrons. The average molecular weight is 356 g/mol. The van der Waals surface area contributed by atoms with Crippen molar-refractivity contribution in [2.24, 2.45) is 5.92 Å². The van der Waals surface area contributed by atoms with Gasteiger partial charge < -0.3 is 4.90 Å². The molecular formula is C19H20N2O3S. The molecule has 2 bridgehead atoms. The second kappa shape index (κ2) is 6.28. The third kappa shape index (κ3) is 3.07. The molecule has 2 aromatic carbocycles. The summed E-state index contributed by atoms with van der Waals surface area (Å²) < 4.78 is 27.9.